The van der Waals surface area contributed by atoms with E-state index in [0.29, 0.717) is 17.9 Å². The van der Waals surface area contributed by atoms with Gasteiger partial charge in [0.15, 0.2) is 0 Å². The number of nitrogens with zero attached hydrogens (tertiary/aromatic N) is 3. The summed E-state index contributed by atoms with van der Waals surface area (Å²) in [5.41, 5.74) is 0.585. The smallest absolute Gasteiger partial charge is 0.119 e. The topological polar surface area (TPSA) is 71.1 Å². The van der Waals surface area contributed by atoms with Crippen LogP contribution in [0.1, 0.15) is 5.56 Å². The summed E-state index contributed by atoms with van der Waals surface area (Å²) >= 11 is 0. The van der Waals surface area contributed by atoms with Crippen molar-refractivity contribution in [3.8, 4) is 11.8 Å². The van der Waals surface area contributed by atoms with E-state index in [-0.39, 0.29) is 6.61 Å². The van der Waals surface area contributed by atoms with Gasteiger partial charge in [0.05, 0.1) is 24.5 Å². The molecule has 1 atom stereocenters. The van der Waals surface area contributed by atoms with E-state index in [1.54, 1.807) is 47.6 Å². The largest absolute Gasteiger partial charge is 0.491 e. The van der Waals surface area contributed by atoms with Crippen LogP contribution in [0.25, 0.3) is 0 Å². The summed E-state index contributed by atoms with van der Waals surface area (Å²) in [5.74, 6) is 0.638. The Kier molecular flexibility index (Phi) is 3.94. The zero-order chi connectivity index (χ0) is 12.8. The maximum Gasteiger partial charge on any atom is 0.119 e. The second kappa shape index (κ2) is 5.84. The Morgan fingerprint density at radius 1 is 1.39 bits per heavy atom. The highest BCUT2D eigenvalue weighted by molar-refractivity contribution is 5.34. The summed E-state index contributed by atoms with van der Waals surface area (Å²) < 4.78 is 7.21. The molecule has 18 heavy (non-hydrogen) atoms. The van der Waals surface area contributed by atoms with Gasteiger partial charge in [-0.25, -0.2) is 4.98 Å². The number of rotatable bonds is 5. The number of ether oxygens (including phenoxy) is 1. The van der Waals surface area contributed by atoms with Gasteiger partial charge < -0.3 is 14.4 Å². The summed E-state index contributed by atoms with van der Waals surface area (Å²) in [6.45, 7) is 0.639. The third kappa shape index (κ3) is 3.34. The van der Waals surface area contributed by atoms with Crippen molar-refractivity contribution in [3.05, 3.63) is 48.5 Å². The molecule has 1 aromatic heterocycles. The lowest BCUT2D eigenvalue weighted by Gasteiger charge is -2.12. The third-order valence-corrected chi connectivity index (χ3v) is 2.41. The van der Waals surface area contributed by atoms with Crippen LogP contribution in [0.15, 0.2) is 43.0 Å². The van der Waals surface area contributed by atoms with Gasteiger partial charge in [0.25, 0.3) is 0 Å². The van der Waals surface area contributed by atoms with Crippen LogP contribution < -0.4 is 4.74 Å². The lowest BCUT2D eigenvalue weighted by Crippen LogP contribution is -2.22. The Bertz CT molecular complexity index is 514. The Hall–Kier alpha value is -2.32. The van der Waals surface area contributed by atoms with Gasteiger partial charge >= 0.3 is 0 Å². The quantitative estimate of drug-likeness (QED) is 0.856. The summed E-state index contributed by atoms with van der Waals surface area (Å²) in [6.07, 6.45) is 4.49. The van der Waals surface area contributed by atoms with Crippen LogP contribution in [-0.2, 0) is 6.54 Å². The lowest BCUT2D eigenvalue weighted by molar-refractivity contribution is 0.0925. The number of hydrogen-bond acceptors (Lipinski definition) is 4. The maximum atomic E-state index is 9.76. The average molecular weight is 243 g/mol. The number of aromatic nitrogens is 2. The molecule has 1 aromatic carbocycles. The molecule has 2 rings (SSSR count). The lowest BCUT2D eigenvalue weighted by atomic mass is 10.2. The molecule has 1 heterocycles. The first kappa shape index (κ1) is 12.1. The molecule has 5 heteroatoms. The second-order valence-corrected chi connectivity index (χ2v) is 3.86. The van der Waals surface area contributed by atoms with E-state index in [4.69, 9.17) is 10.00 Å². The highest BCUT2D eigenvalue weighted by Gasteiger charge is 2.06. The van der Waals surface area contributed by atoms with E-state index in [2.05, 4.69) is 4.98 Å². The van der Waals surface area contributed by atoms with Crippen molar-refractivity contribution in [2.45, 2.75) is 12.6 Å². The molecule has 92 valence electrons. The van der Waals surface area contributed by atoms with Crippen LogP contribution in [0.5, 0.6) is 5.75 Å². The number of aliphatic hydroxyl groups is 1. The van der Waals surface area contributed by atoms with Crippen molar-refractivity contribution in [3.63, 3.8) is 0 Å². The van der Waals surface area contributed by atoms with E-state index < -0.39 is 6.10 Å². The summed E-state index contributed by atoms with van der Waals surface area (Å²) in [5, 5.41) is 18.4. The van der Waals surface area contributed by atoms with Crippen molar-refractivity contribution in [1.82, 2.24) is 9.55 Å². The van der Waals surface area contributed by atoms with Crippen LogP contribution in [-0.4, -0.2) is 27.4 Å². The molecule has 1 unspecified atom stereocenters. The van der Waals surface area contributed by atoms with Crippen LogP contribution in [0.3, 0.4) is 0 Å². The first-order valence-electron chi connectivity index (χ1n) is 5.54. The van der Waals surface area contributed by atoms with Gasteiger partial charge in [0.2, 0.25) is 0 Å². The molecule has 0 aliphatic carbocycles. The number of benzene rings is 1. The second-order valence-electron chi connectivity index (χ2n) is 3.86. The zero-order valence-corrected chi connectivity index (χ0v) is 9.73. The Labute approximate surface area is 105 Å². The maximum absolute atomic E-state index is 9.76. The SMILES string of the molecule is N#Cc1ccc(OCC(O)Cn2ccnc2)cc1. The third-order valence-electron chi connectivity index (χ3n) is 2.41. The number of nitriles is 1. The fourth-order valence-electron chi connectivity index (χ4n) is 1.51. The van der Waals surface area contributed by atoms with Crippen molar-refractivity contribution >= 4 is 0 Å². The zero-order valence-electron chi connectivity index (χ0n) is 9.73. The van der Waals surface area contributed by atoms with Crippen molar-refractivity contribution in [2.24, 2.45) is 0 Å². The molecule has 0 saturated carbocycles. The van der Waals surface area contributed by atoms with Crippen LogP contribution in [0, 0.1) is 11.3 Å². The van der Waals surface area contributed by atoms with Crippen molar-refractivity contribution in [2.75, 3.05) is 6.61 Å². The van der Waals surface area contributed by atoms with Gasteiger partial charge in [-0.1, -0.05) is 0 Å². The minimum atomic E-state index is -0.602. The number of hydrogen-bond donors (Lipinski definition) is 1. The standard InChI is InChI=1S/C13H13N3O2/c14-7-11-1-3-13(4-2-11)18-9-12(17)8-16-6-5-15-10-16/h1-6,10,12,17H,8-9H2. The molecule has 0 saturated heterocycles. The van der Waals surface area contributed by atoms with Crippen molar-refractivity contribution < 1.29 is 9.84 Å². The van der Waals surface area contributed by atoms with Crippen molar-refractivity contribution in [1.29, 1.82) is 5.26 Å². The van der Waals surface area contributed by atoms with E-state index in [0.717, 1.165) is 0 Å². The molecule has 0 radical (unpaired) electrons. The number of aliphatic hydroxyl groups excluding tert-OH is 1. The highest BCUT2D eigenvalue weighted by atomic mass is 16.5. The van der Waals surface area contributed by atoms with Gasteiger partial charge in [0, 0.05) is 12.4 Å². The minimum Gasteiger partial charge on any atom is -0.491 e. The average Bonchev–Trinajstić information content (AvgIpc) is 2.90. The Morgan fingerprint density at radius 3 is 2.78 bits per heavy atom. The molecule has 0 spiro atoms. The molecular formula is C13H13N3O2. The fourth-order valence-corrected chi connectivity index (χ4v) is 1.51. The minimum absolute atomic E-state index is 0.198. The van der Waals surface area contributed by atoms with Crippen LogP contribution in [0.2, 0.25) is 0 Å². The number of imidazole rings is 1. The Morgan fingerprint density at radius 2 is 2.17 bits per heavy atom. The first-order valence-corrected chi connectivity index (χ1v) is 5.54. The molecule has 5 nitrogen and oxygen atoms in total. The predicted octanol–water partition coefficient (Wildman–Crippen LogP) is 1.19. The van der Waals surface area contributed by atoms with Gasteiger partial charge in [-0.3, -0.25) is 0 Å². The summed E-state index contributed by atoms with van der Waals surface area (Å²) in [4.78, 5) is 3.89. The summed E-state index contributed by atoms with van der Waals surface area (Å²) in [7, 11) is 0. The first-order chi connectivity index (χ1) is 8.78. The highest BCUT2D eigenvalue weighted by Crippen LogP contribution is 2.11. The normalized spacial score (nSPS) is 11.8. The van der Waals surface area contributed by atoms with Gasteiger partial charge in [0.1, 0.15) is 18.5 Å². The van der Waals surface area contributed by atoms with E-state index in [1.165, 1.54) is 0 Å². The molecule has 0 aliphatic rings. The predicted molar refractivity (Wildman–Crippen MR) is 64.9 cm³/mol. The fraction of sp³-hybridized carbons (Fsp3) is 0.231. The molecule has 2 aromatic rings. The monoisotopic (exact) mass is 243 g/mol. The van der Waals surface area contributed by atoms with E-state index in [9.17, 15) is 5.11 Å². The van der Waals surface area contributed by atoms with Gasteiger partial charge in [-0.2, -0.15) is 5.26 Å². The van der Waals surface area contributed by atoms with Gasteiger partial charge in [-0.05, 0) is 24.3 Å². The van der Waals surface area contributed by atoms with Gasteiger partial charge in [-0.15, -0.1) is 0 Å². The van der Waals surface area contributed by atoms with E-state index >= 15 is 0 Å². The molecule has 0 fully saturated rings. The molecule has 0 amide bonds. The Balaban J connectivity index is 1.81. The molecule has 0 bridgehead atoms. The van der Waals surface area contributed by atoms with Crippen LogP contribution in [0.4, 0.5) is 0 Å². The molecule has 0 aliphatic heterocycles. The summed E-state index contributed by atoms with van der Waals surface area (Å²) in [6, 6.07) is 8.81. The van der Waals surface area contributed by atoms with Crippen LogP contribution >= 0.6 is 0 Å². The molecular weight excluding hydrogens is 230 g/mol. The molecule has 1 N–H and O–H groups in total. The van der Waals surface area contributed by atoms with E-state index in [1.807, 2.05) is 6.07 Å².